The maximum Gasteiger partial charge on any atom is 0.118 e. The Morgan fingerprint density at radius 1 is 1.39 bits per heavy atom. The molecule has 0 amide bonds. The Labute approximate surface area is 111 Å². The number of likely N-dealkylation sites (tertiary alicyclic amines) is 1. The predicted octanol–water partition coefficient (Wildman–Crippen LogP) is 2.93. The molecule has 1 N–H and O–H groups in total. The Bertz CT molecular complexity index is 386. The van der Waals surface area contributed by atoms with Crippen LogP contribution in [-0.2, 0) is 13.1 Å². The molecule has 2 heterocycles. The number of aryl methyl sites for hydroxylation is 1. The van der Waals surface area contributed by atoms with Gasteiger partial charge >= 0.3 is 0 Å². The molecule has 2 unspecified atom stereocenters. The number of nitrogens with zero attached hydrogens (tertiary/aromatic N) is 1. The third-order valence-corrected chi connectivity index (χ3v) is 4.04. The second kappa shape index (κ2) is 5.89. The summed E-state index contributed by atoms with van der Waals surface area (Å²) in [7, 11) is 1.95. The van der Waals surface area contributed by atoms with Crippen LogP contribution >= 0.6 is 0 Å². The van der Waals surface area contributed by atoms with Gasteiger partial charge in [-0.1, -0.05) is 6.92 Å². The summed E-state index contributed by atoms with van der Waals surface area (Å²) in [5.41, 5.74) is 1.35. The van der Waals surface area contributed by atoms with E-state index in [1.54, 1.807) is 0 Å². The van der Waals surface area contributed by atoms with Gasteiger partial charge in [0, 0.05) is 24.7 Å². The topological polar surface area (TPSA) is 28.4 Å². The highest BCUT2D eigenvalue weighted by atomic mass is 16.3. The van der Waals surface area contributed by atoms with E-state index in [0.717, 1.165) is 30.5 Å². The quantitative estimate of drug-likeness (QED) is 0.890. The van der Waals surface area contributed by atoms with Gasteiger partial charge in [-0.3, -0.25) is 4.90 Å². The first kappa shape index (κ1) is 13.6. The number of hydrogen-bond acceptors (Lipinski definition) is 3. The molecule has 0 spiro atoms. The van der Waals surface area contributed by atoms with Crippen LogP contribution in [0.25, 0.3) is 0 Å². The highest BCUT2D eigenvalue weighted by Gasteiger charge is 2.23. The molecule has 3 heteroatoms. The minimum atomic E-state index is 0.697. The average Bonchev–Trinajstić information content (AvgIpc) is 2.65. The van der Waals surface area contributed by atoms with Crippen molar-refractivity contribution in [3.8, 4) is 0 Å². The van der Waals surface area contributed by atoms with Crippen molar-refractivity contribution < 1.29 is 4.42 Å². The van der Waals surface area contributed by atoms with E-state index in [4.69, 9.17) is 4.42 Å². The van der Waals surface area contributed by atoms with Gasteiger partial charge in [-0.15, -0.1) is 0 Å². The molecule has 1 aliphatic heterocycles. The Morgan fingerprint density at radius 3 is 2.89 bits per heavy atom. The van der Waals surface area contributed by atoms with Crippen molar-refractivity contribution in [3.05, 3.63) is 23.2 Å². The lowest BCUT2D eigenvalue weighted by Gasteiger charge is -2.36. The minimum absolute atomic E-state index is 0.697. The van der Waals surface area contributed by atoms with Crippen LogP contribution in [0, 0.1) is 12.8 Å². The van der Waals surface area contributed by atoms with E-state index < -0.39 is 0 Å². The summed E-state index contributed by atoms with van der Waals surface area (Å²) in [6.07, 6.45) is 2.69. The van der Waals surface area contributed by atoms with Gasteiger partial charge in [0.25, 0.3) is 0 Å². The van der Waals surface area contributed by atoms with Gasteiger partial charge in [-0.25, -0.2) is 0 Å². The van der Waals surface area contributed by atoms with Crippen LogP contribution in [0.15, 0.2) is 10.5 Å². The fraction of sp³-hybridized carbons (Fsp3) is 0.733. The van der Waals surface area contributed by atoms with E-state index in [0.29, 0.717) is 6.04 Å². The van der Waals surface area contributed by atoms with Crippen molar-refractivity contribution in [2.45, 2.75) is 52.7 Å². The van der Waals surface area contributed by atoms with E-state index in [2.05, 4.69) is 37.1 Å². The van der Waals surface area contributed by atoms with Crippen LogP contribution < -0.4 is 5.32 Å². The van der Waals surface area contributed by atoms with Gasteiger partial charge in [0.1, 0.15) is 11.5 Å². The Morgan fingerprint density at radius 2 is 2.17 bits per heavy atom. The second-order valence-electron chi connectivity index (χ2n) is 5.79. The van der Waals surface area contributed by atoms with Crippen LogP contribution in [0.1, 0.15) is 43.8 Å². The standard InChI is InChI=1S/C15H26N2O/c1-11-5-6-12(2)17(9-11)10-14-7-15(8-16-4)18-13(14)3/h7,11-12,16H,5-6,8-10H2,1-4H3. The van der Waals surface area contributed by atoms with Crippen LogP contribution in [0.3, 0.4) is 0 Å². The summed E-state index contributed by atoms with van der Waals surface area (Å²) in [4.78, 5) is 2.59. The third kappa shape index (κ3) is 3.15. The summed E-state index contributed by atoms with van der Waals surface area (Å²) in [6.45, 7) is 9.83. The number of furan rings is 1. The highest BCUT2D eigenvalue weighted by molar-refractivity contribution is 5.21. The monoisotopic (exact) mass is 250 g/mol. The smallest absolute Gasteiger partial charge is 0.118 e. The molecule has 1 aromatic heterocycles. The van der Waals surface area contributed by atoms with Crippen LogP contribution in [-0.4, -0.2) is 24.5 Å². The molecular weight excluding hydrogens is 224 g/mol. The maximum atomic E-state index is 5.77. The lowest BCUT2D eigenvalue weighted by molar-refractivity contribution is 0.117. The summed E-state index contributed by atoms with van der Waals surface area (Å²) in [6, 6.07) is 2.90. The van der Waals surface area contributed by atoms with E-state index in [1.165, 1.54) is 24.9 Å². The molecular formula is C15H26N2O. The SMILES string of the molecule is CNCc1cc(CN2CC(C)CCC2C)c(C)o1. The molecule has 0 saturated carbocycles. The van der Waals surface area contributed by atoms with Crippen LogP contribution in [0.5, 0.6) is 0 Å². The van der Waals surface area contributed by atoms with Crippen LogP contribution in [0.2, 0.25) is 0 Å². The van der Waals surface area contributed by atoms with E-state index in [1.807, 2.05) is 7.05 Å². The largest absolute Gasteiger partial charge is 0.465 e. The van der Waals surface area contributed by atoms with Gasteiger partial charge in [-0.2, -0.15) is 0 Å². The molecule has 2 atom stereocenters. The van der Waals surface area contributed by atoms with Gasteiger partial charge in [0.15, 0.2) is 0 Å². The Balaban J connectivity index is 2.03. The van der Waals surface area contributed by atoms with Crippen molar-refractivity contribution in [3.63, 3.8) is 0 Å². The zero-order valence-electron chi connectivity index (χ0n) is 12.1. The Hall–Kier alpha value is -0.800. The average molecular weight is 250 g/mol. The number of piperidine rings is 1. The summed E-state index contributed by atoms with van der Waals surface area (Å²) < 4.78 is 5.77. The summed E-state index contributed by atoms with van der Waals surface area (Å²) >= 11 is 0. The van der Waals surface area contributed by atoms with Crippen molar-refractivity contribution in [1.29, 1.82) is 0 Å². The van der Waals surface area contributed by atoms with Gasteiger partial charge in [0.05, 0.1) is 6.54 Å². The summed E-state index contributed by atoms with van der Waals surface area (Å²) in [5.74, 6) is 2.94. The normalized spacial score (nSPS) is 25.6. The molecule has 18 heavy (non-hydrogen) atoms. The molecule has 2 rings (SSSR count). The summed E-state index contributed by atoms with van der Waals surface area (Å²) in [5, 5.41) is 3.14. The lowest BCUT2D eigenvalue weighted by Crippen LogP contribution is -2.40. The molecule has 0 radical (unpaired) electrons. The second-order valence-corrected chi connectivity index (χ2v) is 5.79. The zero-order valence-corrected chi connectivity index (χ0v) is 12.1. The molecule has 1 aliphatic rings. The molecule has 0 aromatic carbocycles. The fourth-order valence-corrected chi connectivity index (χ4v) is 2.82. The van der Waals surface area contributed by atoms with Crippen molar-refractivity contribution in [1.82, 2.24) is 10.2 Å². The molecule has 1 saturated heterocycles. The van der Waals surface area contributed by atoms with Crippen LogP contribution in [0.4, 0.5) is 0 Å². The number of nitrogens with one attached hydrogen (secondary N) is 1. The van der Waals surface area contributed by atoms with E-state index in [-0.39, 0.29) is 0 Å². The zero-order chi connectivity index (χ0) is 13.1. The molecule has 3 nitrogen and oxygen atoms in total. The van der Waals surface area contributed by atoms with Gasteiger partial charge in [-0.05, 0) is 45.7 Å². The number of rotatable bonds is 4. The van der Waals surface area contributed by atoms with Gasteiger partial charge in [0.2, 0.25) is 0 Å². The first-order chi connectivity index (χ1) is 8.60. The van der Waals surface area contributed by atoms with Crippen molar-refractivity contribution in [2.75, 3.05) is 13.6 Å². The Kier molecular flexibility index (Phi) is 4.46. The van der Waals surface area contributed by atoms with Crippen molar-refractivity contribution in [2.24, 2.45) is 5.92 Å². The van der Waals surface area contributed by atoms with Crippen molar-refractivity contribution >= 4 is 0 Å². The minimum Gasteiger partial charge on any atom is -0.465 e. The third-order valence-electron chi connectivity index (χ3n) is 4.04. The van der Waals surface area contributed by atoms with E-state index in [9.17, 15) is 0 Å². The van der Waals surface area contributed by atoms with Gasteiger partial charge < -0.3 is 9.73 Å². The predicted molar refractivity (Wildman–Crippen MR) is 74.5 cm³/mol. The lowest BCUT2D eigenvalue weighted by atomic mass is 9.94. The molecule has 1 aromatic rings. The molecule has 0 aliphatic carbocycles. The molecule has 1 fully saturated rings. The first-order valence-electron chi connectivity index (χ1n) is 7.07. The number of hydrogen-bond donors (Lipinski definition) is 1. The fourth-order valence-electron chi connectivity index (χ4n) is 2.82. The highest BCUT2D eigenvalue weighted by Crippen LogP contribution is 2.25. The molecule has 0 bridgehead atoms. The molecule has 102 valence electrons. The van der Waals surface area contributed by atoms with E-state index >= 15 is 0 Å². The first-order valence-corrected chi connectivity index (χ1v) is 7.07. The maximum absolute atomic E-state index is 5.77.